The molecular formula is C15H17NO3. The van der Waals surface area contributed by atoms with Gasteiger partial charge in [0, 0.05) is 12.1 Å². The zero-order valence-corrected chi connectivity index (χ0v) is 11.0. The van der Waals surface area contributed by atoms with E-state index in [9.17, 15) is 4.79 Å². The van der Waals surface area contributed by atoms with Gasteiger partial charge in [0.2, 0.25) is 0 Å². The van der Waals surface area contributed by atoms with Crippen molar-refractivity contribution in [2.24, 2.45) is 0 Å². The number of rotatable bonds is 4. The van der Waals surface area contributed by atoms with Crippen LogP contribution in [0.15, 0.2) is 40.8 Å². The molecule has 1 unspecified atom stereocenters. The maximum absolute atomic E-state index is 11.7. The maximum atomic E-state index is 11.7. The Labute approximate surface area is 112 Å². The molecule has 4 nitrogen and oxygen atoms in total. The molecule has 100 valence electrons. The lowest BCUT2D eigenvalue weighted by molar-refractivity contribution is 0.0897. The van der Waals surface area contributed by atoms with Crippen LogP contribution in [-0.4, -0.2) is 23.7 Å². The molecule has 0 bridgehead atoms. The SMILES string of the molecule is Cc1ccc(-c2ccc(C(=O)NCC(C)O)o2)cc1. The van der Waals surface area contributed by atoms with Crippen LogP contribution in [0.5, 0.6) is 0 Å². The Bertz CT molecular complexity index is 555. The minimum absolute atomic E-state index is 0.208. The lowest BCUT2D eigenvalue weighted by Gasteiger charge is -2.04. The summed E-state index contributed by atoms with van der Waals surface area (Å²) in [6.45, 7) is 3.83. The first-order valence-electron chi connectivity index (χ1n) is 6.19. The highest BCUT2D eigenvalue weighted by atomic mass is 16.4. The molecule has 2 aromatic rings. The summed E-state index contributed by atoms with van der Waals surface area (Å²) in [6, 6.07) is 11.3. The number of carbonyl (C=O) groups is 1. The number of hydrogen-bond donors (Lipinski definition) is 2. The van der Waals surface area contributed by atoms with Crippen molar-refractivity contribution in [1.82, 2.24) is 5.32 Å². The summed E-state index contributed by atoms with van der Waals surface area (Å²) >= 11 is 0. The Morgan fingerprint density at radius 2 is 1.95 bits per heavy atom. The van der Waals surface area contributed by atoms with Crippen molar-refractivity contribution in [3.63, 3.8) is 0 Å². The predicted molar refractivity (Wildman–Crippen MR) is 72.9 cm³/mol. The van der Waals surface area contributed by atoms with Crippen molar-refractivity contribution >= 4 is 5.91 Å². The van der Waals surface area contributed by atoms with Crippen molar-refractivity contribution in [2.45, 2.75) is 20.0 Å². The molecule has 1 heterocycles. The molecule has 2 N–H and O–H groups in total. The van der Waals surface area contributed by atoms with Gasteiger partial charge >= 0.3 is 0 Å². The number of nitrogens with one attached hydrogen (secondary N) is 1. The molecule has 0 spiro atoms. The highest BCUT2D eigenvalue weighted by molar-refractivity contribution is 5.92. The summed E-state index contributed by atoms with van der Waals surface area (Å²) in [4.78, 5) is 11.7. The van der Waals surface area contributed by atoms with Crippen LogP contribution in [0.3, 0.4) is 0 Å². The normalized spacial score (nSPS) is 12.2. The maximum Gasteiger partial charge on any atom is 0.287 e. The zero-order valence-electron chi connectivity index (χ0n) is 11.0. The summed E-state index contributed by atoms with van der Waals surface area (Å²) in [6.07, 6.45) is -0.574. The Morgan fingerprint density at radius 1 is 1.26 bits per heavy atom. The molecule has 19 heavy (non-hydrogen) atoms. The molecule has 0 fully saturated rings. The van der Waals surface area contributed by atoms with Crippen LogP contribution in [0.1, 0.15) is 23.0 Å². The van der Waals surface area contributed by atoms with Crippen LogP contribution < -0.4 is 5.32 Å². The molecule has 0 aliphatic carbocycles. The first-order chi connectivity index (χ1) is 9.06. The Balaban J connectivity index is 2.10. The molecule has 1 aromatic carbocycles. The molecule has 4 heteroatoms. The summed E-state index contributed by atoms with van der Waals surface area (Å²) in [5.41, 5.74) is 2.10. The highest BCUT2D eigenvalue weighted by Gasteiger charge is 2.12. The molecular weight excluding hydrogens is 242 g/mol. The molecule has 0 radical (unpaired) electrons. The van der Waals surface area contributed by atoms with E-state index in [4.69, 9.17) is 9.52 Å². The molecule has 1 aromatic heterocycles. The number of benzene rings is 1. The van der Waals surface area contributed by atoms with Gasteiger partial charge in [-0.15, -0.1) is 0 Å². The largest absolute Gasteiger partial charge is 0.451 e. The number of carbonyl (C=O) groups excluding carboxylic acids is 1. The monoisotopic (exact) mass is 259 g/mol. The van der Waals surface area contributed by atoms with E-state index in [2.05, 4.69) is 5.32 Å². The summed E-state index contributed by atoms with van der Waals surface area (Å²) in [5, 5.41) is 11.7. The first kappa shape index (κ1) is 13.4. The van der Waals surface area contributed by atoms with E-state index in [0.29, 0.717) is 5.76 Å². The van der Waals surface area contributed by atoms with Gasteiger partial charge in [-0.05, 0) is 26.0 Å². The number of aliphatic hydroxyl groups is 1. The van der Waals surface area contributed by atoms with Crippen LogP contribution in [-0.2, 0) is 0 Å². The van der Waals surface area contributed by atoms with E-state index in [1.54, 1.807) is 19.1 Å². The second-order valence-electron chi connectivity index (χ2n) is 4.59. The van der Waals surface area contributed by atoms with Gasteiger partial charge < -0.3 is 14.8 Å². The molecule has 0 aliphatic heterocycles. The fraction of sp³-hybridized carbons (Fsp3) is 0.267. The summed E-state index contributed by atoms with van der Waals surface area (Å²) in [5.74, 6) is 0.581. The lowest BCUT2D eigenvalue weighted by atomic mass is 10.1. The third kappa shape index (κ3) is 3.45. The highest BCUT2D eigenvalue weighted by Crippen LogP contribution is 2.22. The van der Waals surface area contributed by atoms with Gasteiger partial charge in [0.15, 0.2) is 5.76 Å². The second kappa shape index (κ2) is 5.71. The third-order valence-corrected chi connectivity index (χ3v) is 2.72. The van der Waals surface area contributed by atoms with Crippen molar-refractivity contribution in [3.05, 3.63) is 47.7 Å². The number of hydrogen-bond acceptors (Lipinski definition) is 3. The molecule has 1 atom stereocenters. The number of aliphatic hydroxyl groups excluding tert-OH is 1. The van der Waals surface area contributed by atoms with Gasteiger partial charge in [-0.2, -0.15) is 0 Å². The summed E-state index contributed by atoms with van der Waals surface area (Å²) < 4.78 is 5.51. The molecule has 0 saturated carbocycles. The average molecular weight is 259 g/mol. The Hall–Kier alpha value is -2.07. The van der Waals surface area contributed by atoms with Gasteiger partial charge in [0.1, 0.15) is 5.76 Å². The number of amides is 1. The van der Waals surface area contributed by atoms with Crippen LogP contribution in [0.2, 0.25) is 0 Å². The Kier molecular flexibility index (Phi) is 4.02. The number of furan rings is 1. The Morgan fingerprint density at radius 3 is 2.58 bits per heavy atom. The molecule has 2 rings (SSSR count). The second-order valence-corrected chi connectivity index (χ2v) is 4.59. The predicted octanol–water partition coefficient (Wildman–Crippen LogP) is 2.37. The molecule has 0 aliphatic rings. The molecule has 0 saturated heterocycles. The topological polar surface area (TPSA) is 62.5 Å². The van der Waals surface area contributed by atoms with Crippen molar-refractivity contribution in [1.29, 1.82) is 0 Å². The van der Waals surface area contributed by atoms with Crippen LogP contribution in [0.4, 0.5) is 0 Å². The van der Waals surface area contributed by atoms with E-state index in [-0.39, 0.29) is 18.2 Å². The summed E-state index contributed by atoms with van der Waals surface area (Å²) in [7, 11) is 0. The van der Waals surface area contributed by atoms with Crippen LogP contribution >= 0.6 is 0 Å². The van der Waals surface area contributed by atoms with Crippen LogP contribution in [0, 0.1) is 6.92 Å². The van der Waals surface area contributed by atoms with E-state index in [0.717, 1.165) is 5.56 Å². The van der Waals surface area contributed by atoms with E-state index >= 15 is 0 Å². The average Bonchev–Trinajstić information content (AvgIpc) is 2.86. The minimum Gasteiger partial charge on any atom is -0.451 e. The van der Waals surface area contributed by atoms with Crippen molar-refractivity contribution in [2.75, 3.05) is 6.54 Å². The minimum atomic E-state index is -0.574. The van der Waals surface area contributed by atoms with Gasteiger partial charge in [0.25, 0.3) is 5.91 Å². The van der Waals surface area contributed by atoms with Crippen molar-refractivity contribution < 1.29 is 14.3 Å². The fourth-order valence-electron chi connectivity index (χ4n) is 1.66. The first-order valence-corrected chi connectivity index (χ1v) is 6.19. The van der Waals surface area contributed by atoms with Crippen molar-refractivity contribution in [3.8, 4) is 11.3 Å². The van der Waals surface area contributed by atoms with Gasteiger partial charge in [-0.25, -0.2) is 0 Å². The number of aryl methyl sites for hydroxylation is 1. The van der Waals surface area contributed by atoms with Crippen LogP contribution in [0.25, 0.3) is 11.3 Å². The van der Waals surface area contributed by atoms with Gasteiger partial charge in [0.05, 0.1) is 6.10 Å². The molecule has 1 amide bonds. The van der Waals surface area contributed by atoms with E-state index in [1.807, 2.05) is 31.2 Å². The standard InChI is InChI=1S/C15H17NO3/c1-10-3-5-12(6-4-10)13-7-8-14(19-13)15(18)16-9-11(2)17/h3-8,11,17H,9H2,1-2H3,(H,16,18). The fourth-order valence-corrected chi connectivity index (χ4v) is 1.66. The van der Waals surface area contributed by atoms with E-state index < -0.39 is 6.10 Å². The van der Waals surface area contributed by atoms with Gasteiger partial charge in [-0.1, -0.05) is 29.8 Å². The smallest absolute Gasteiger partial charge is 0.287 e. The zero-order chi connectivity index (χ0) is 13.8. The lowest BCUT2D eigenvalue weighted by Crippen LogP contribution is -2.30. The quantitative estimate of drug-likeness (QED) is 0.886. The van der Waals surface area contributed by atoms with E-state index in [1.165, 1.54) is 5.56 Å². The van der Waals surface area contributed by atoms with Gasteiger partial charge in [-0.3, -0.25) is 4.79 Å². The third-order valence-electron chi connectivity index (χ3n) is 2.72.